The van der Waals surface area contributed by atoms with Crippen molar-refractivity contribution in [1.82, 2.24) is 4.90 Å². The van der Waals surface area contributed by atoms with Gasteiger partial charge in [0.25, 0.3) is 6.43 Å². The monoisotopic (exact) mass is 258 g/mol. The van der Waals surface area contributed by atoms with Crippen molar-refractivity contribution in [2.24, 2.45) is 5.73 Å². The molecule has 18 heavy (non-hydrogen) atoms. The highest BCUT2D eigenvalue weighted by molar-refractivity contribution is 5.18. The maximum absolute atomic E-state index is 12.3. The molecular weight excluding hydrogens is 238 g/mol. The minimum atomic E-state index is -2.38. The molecule has 0 spiro atoms. The molecule has 102 valence electrons. The first-order valence-corrected chi connectivity index (χ1v) is 6.05. The summed E-state index contributed by atoms with van der Waals surface area (Å²) in [6.07, 6.45) is -1.79. The zero-order valence-electron chi connectivity index (χ0n) is 10.3. The summed E-state index contributed by atoms with van der Waals surface area (Å²) in [5.74, 6) is 0. The summed E-state index contributed by atoms with van der Waals surface area (Å²) in [7, 11) is 0. The molecular formula is C13H20F2N2O. The Kier molecular flexibility index (Phi) is 6.78. The predicted molar refractivity (Wildman–Crippen MR) is 67.5 cm³/mol. The molecule has 0 bridgehead atoms. The van der Waals surface area contributed by atoms with Gasteiger partial charge in [0.15, 0.2) is 0 Å². The second kappa shape index (κ2) is 8.13. The Morgan fingerprint density at radius 2 is 1.83 bits per heavy atom. The van der Waals surface area contributed by atoms with Crippen molar-refractivity contribution in [2.45, 2.75) is 18.9 Å². The van der Waals surface area contributed by atoms with Crippen LogP contribution in [-0.4, -0.2) is 42.7 Å². The van der Waals surface area contributed by atoms with Crippen molar-refractivity contribution in [3.63, 3.8) is 0 Å². The largest absolute Gasteiger partial charge is 0.395 e. The molecule has 1 rings (SSSR count). The predicted octanol–water partition coefficient (Wildman–Crippen LogP) is 1.64. The minimum absolute atomic E-state index is 0.118. The number of aliphatic hydroxyl groups is 1. The van der Waals surface area contributed by atoms with Crippen LogP contribution in [0.5, 0.6) is 0 Å². The lowest BCUT2D eigenvalue weighted by Gasteiger charge is -2.22. The lowest BCUT2D eigenvalue weighted by Crippen LogP contribution is -2.34. The van der Waals surface area contributed by atoms with Crippen molar-refractivity contribution in [3.8, 4) is 0 Å². The van der Waals surface area contributed by atoms with Crippen LogP contribution in [0.15, 0.2) is 30.3 Å². The molecule has 0 amide bonds. The van der Waals surface area contributed by atoms with Crippen molar-refractivity contribution in [3.05, 3.63) is 35.9 Å². The van der Waals surface area contributed by atoms with Crippen LogP contribution in [0.25, 0.3) is 0 Å². The first-order valence-electron chi connectivity index (χ1n) is 6.05. The summed E-state index contributed by atoms with van der Waals surface area (Å²) >= 11 is 0. The van der Waals surface area contributed by atoms with E-state index >= 15 is 0 Å². The Morgan fingerprint density at radius 1 is 1.17 bits per heavy atom. The molecule has 0 saturated carbocycles. The van der Waals surface area contributed by atoms with Gasteiger partial charge in [0.05, 0.1) is 13.2 Å². The highest BCUT2D eigenvalue weighted by Gasteiger charge is 2.13. The van der Waals surface area contributed by atoms with Crippen LogP contribution in [-0.2, 0) is 0 Å². The van der Waals surface area contributed by atoms with Gasteiger partial charge in [0.2, 0.25) is 0 Å². The topological polar surface area (TPSA) is 49.5 Å². The summed E-state index contributed by atoms with van der Waals surface area (Å²) in [5, 5.41) is 8.81. The van der Waals surface area contributed by atoms with Crippen LogP contribution in [0.2, 0.25) is 0 Å². The fraction of sp³-hybridized carbons (Fsp3) is 0.538. The van der Waals surface area contributed by atoms with Gasteiger partial charge < -0.3 is 10.8 Å². The molecule has 0 radical (unpaired) electrons. The summed E-state index contributed by atoms with van der Waals surface area (Å²) in [5.41, 5.74) is 6.99. The molecule has 1 aromatic rings. The summed E-state index contributed by atoms with van der Waals surface area (Å²) in [6, 6.07) is 9.40. The van der Waals surface area contributed by atoms with E-state index in [1.165, 1.54) is 4.90 Å². The SMILES string of the molecule is NC(CCN(CCO)CC(F)F)c1ccccc1. The normalized spacial score (nSPS) is 13.2. The average molecular weight is 258 g/mol. The molecule has 1 atom stereocenters. The molecule has 0 aliphatic carbocycles. The Bertz CT molecular complexity index is 322. The number of rotatable bonds is 8. The van der Waals surface area contributed by atoms with E-state index in [-0.39, 0.29) is 25.7 Å². The zero-order valence-corrected chi connectivity index (χ0v) is 10.3. The molecule has 5 heteroatoms. The van der Waals surface area contributed by atoms with Crippen molar-refractivity contribution < 1.29 is 13.9 Å². The molecule has 0 aliphatic rings. The Balaban J connectivity index is 2.41. The number of aliphatic hydroxyl groups excluding tert-OH is 1. The van der Waals surface area contributed by atoms with E-state index in [9.17, 15) is 8.78 Å². The second-order valence-corrected chi connectivity index (χ2v) is 4.22. The number of nitrogens with two attached hydrogens (primary N) is 1. The molecule has 0 aliphatic heterocycles. The quantitative estimate of drug-likeness (QED) is 0.745. The fourth-order valence-corrected chi connectivity index (χ4v) is 1.82. The number of benzene rings is 1. The van der Waals surface area contributed by atoms with E-state index in [0.29, 0.717) is 13.0 Å². The molecule has 3 nitrogen and oxygen atoms in total. The van der Waals surface area contributed by atoms with Crippen LogP contribution in [0, 0.1) is 0 Å². The van der Waals surface area contributed by atoms with E-state index < -0.39 is 6.43 Å². The van der Waals surface area contributed by atoms with E-state index in [1.54, 1.807) is 0 Å². The van der Waals surface area contributed by atoms with Gasteiger partial charge in [-0.15, -0.1) is 0 Å². The van der Waals surface area contributed by atoms with E-state index in [4.69, 9.17) is 10.8 Å². The molecule has 0 heterocycles. The molecule has 3 N–H and O–H groups in total. The average Bonchev–Trinajstić information content (AvgIpc) is 2.36. The van der Waals surface area contributed by atoms with Crippen molar-refractivity contribution in [2.75, 3.05) is 26.2 Å². The maximum Gasteiger partial charge on any atom is 0.251 e. The van der Waals surface area contributed by atoms with E-state index in [2.05, 4.69) is 0 Å². The third kappa shape index (κ3) is 5.53. The first kappa shape index (κ1) is 15.0. The number of nitrogens with zero attached hydrogens (tertiary/aromatic N) is 1. The lowest BCUT2D eigenvalue weighted by atomic mass is 10.0. The highest BCUT2D eigenvalue weighted by Crippen LogP contribution is 2.14. The van der Waals surface area contributed by atoms with Crippen LogP contribution in [0.4, 0.5) is 8.78 Å². The highest BCUT2D eigenvalue weighted by atomic mass is 19.3. The van der Waals surface area contributed by atoms with Gasteiger partial charge in [-0.1, -0.05) is 30.3 Å². The third-order valence-electron chi connectivity index (χ3n) is 2.80. The standard InChI is InChI=1S/C13H20F2N2O/c14-13(15)10-17(8-9-18)7-6-12(16)11-4-2-1-3-5-11/h1-5,12-13,18H,6-10,16H2. The van der Waals surface area contributed by atoms with Gasteiger partial charge in [-0.3, -0.25) is 4.90 Å². The summed E-state index contributed by atoms with van der Waals surface area (Å²) in [6.45, 7) is 0.280. The Hall–Kier alpha value is -1.04. The third-order valence-corrected chi connectivity index (χ3v) is 2.80. The second-order valence-electron chi connectivity index (χ2n) is 4.22. The smallest absolute Gasteiger partial charge is 0.251 e. The van der Waals surface area contributed by atoms with Gasteiger partial charge >= 0.3 is 0 Å². The Morgan fingerprint density at radius 3 is 2.39 bits per heavy atom. The molecule has 1 aromatic carbocycles. The molecule has 0 aromatic heterocycles. The van der Waals surface area contributed by atoms with Crippen LogP contribution >= 0.6 is 0 Å². The number of hydrogen-bond acceptors (Lipinski definition) is 3. The van der Waals surface area contributed by atoms with Gasteiger partial charge in [-0.2, -0.15) is 0 Å². The van der Waals surface area contributed by atoms with Crippen LogP contribution in [0.1, 0.15) is 18.0 Å². The molecule has 0 fully saturated rings. The van der Waals surface area contributed by atoms with Crippen molar-refractivity contribution >= 4 is 0 Å². The van der Waals surface area contributed by atoms with E-state index in [0.717, 1.165) is 5.56 Å². The van der Waals surface area contributed by atoms with Crippen LogP contribution < -0.4 is 5.73 Å². The lowest BCUT2D eigenvalue weighted by molar-refractivity contribution is 0.0768. The first-order chi connectivity index (χ1) is 8.63. The van der Waals surface area contributed by atoms with Gasteiger partial charge in [0, 0.05) is 19.1 Å². The van der Waals surface area contributed by atoms with E-state index in [1.807, 2.05) is 30.3 Å². The van der Waals surface area contributed by atoms with Crippen molar-refractivity contribution in [1.29, 1.82) is 0 Å². The number of alkyl halides is 2. The molecule has 1 unspecified atom stereocenters. The number of hydrogen-bond donors (Lipinski definition) is 2. The molecule has 0 saturated heterocycles. The summed E-state index contributed by atoms with van der Waals surface area (Å²) in [4.78, 5) is 1.54. The van der Waals surface area contributed by atoms with Gasteiger partial charge in [0.1, 0.15) is 0 Å². The number of halogens is 2. The summed E-state index contributed by atoms with van der Waals surface area (Å²) < 4.78 is 24.6. The Labute approximate surface area is 106 Å². The van der Waals surface area contributed by atoms with Crippen LogP contribution in [0.3, 0.4) is 0 Å². The van der Waals surface area contributed by atoms with Gasteiger partial charge in [-0.25, -0.2) is 8.78 Å². The zero-order chi connectivity index (χ0) is 13.4. The van der Waals surface area contributed by atoms with Gasteiger partial charge in [-0.05, 0) is 12.0 Å². The minimum Gasteiger partial charge on any atom is -0.395 e. The maximum atomic E-state index is 12.3. The fourth-order valence-electron chi connectivity index (χ4n) is 1.82.